The van der Waals surface area contributed by atoms with E-state index in [9.17, 15) is 23.1 Å². The lowest BCUT2D eigenvalue weighted by molar-refractivity contribution is -0.121. The van der Waals surface area contributed by atoms with Crippen molar-refractivity contribution in [1.82, 2.24) is 0 Å². The lowest BCUT2D eigenvalue weighted by atomic mass is 9.79. The second-order valence-electron chi connectivity index (χ2n) is 10.8. The van der Waals surface area contributed by atoms with E-state index < -0.39 is 39.6 Å². The van der Waals surface area contributed by atoms with Gasteiger partial charge in [0, 0.05) is 30.8 Å². The van der Waals surface area contributed by atoms with Crippen molar-refractivity contribution in [3.8, 4) is 0 Å². The van der Waals surface area contributed by atoms with E-state index in [-0.39, 0.29) is 30.4 Å². The van der Waals surface area contributed by atoms with Crippen LogP contribution in [0.15, 0.2) is 72.8 Å². The molecule has 1 unspecified atom stereocenters. The van der Waals surface area contributed by atoms with Gasteiger partial charge in [0.05, 0.1) is 29.1 Å². The number of fused-ring (bicyclic) bond motifs is 1. The Morgan fingerprint density at radius 3 is 2.32 bits per heavy atom. The summed E-state index contributed by atoms with van der Waals surface area (Å²) in [6.45, 7) is 3.95. The summed E-state index contributed by atoms with van der Waals surface area (Å²) in [6, 6.07) is 20.2. The number of carbonyl (C=O) groups excluding carboxylic acids is 2. The molecule has 2 amide bonds. The first-order chi connectivity index (χ1) is 19.4. The van der Waals surface area contributed by atoms with Crippen molar-refractivity contribution in [1.29, 1.82) is 0 Å². The molecule has 0 saturated carbocycles. The molecule has 11 heteroatoms. The lowest BCUT2D eigenvalue weighted by Gasteiger charge is -2.31. The molecule has 0 radical (unpaired) electrons. The predicted molar refractivity (Wildman–Crippen MR) is 159 cm³/mol. The van der Waals surface area contributed by atoms with Crippen molar-refractivity contribution >= 4 is 38.9 Å². The number of aliphatic hydroxyl groups excluding tert-OH is 1. The minimum absolute atomic E-state index is 0.0261. The molecule has 5 N–H and O–H groups in total. The number of anilines is 3. The Morgan fingerprint density at radius 1 is 1.07 bits per heavy atom. The van der Waals surface area contributed by atoms with Gasteiger partial charge in [-0.2, -0.15) is 0 Å². The molecule has 3 aromatic carbocycles. The maximum Gasteiger partial charge on any atom is 0.248 e. The van der Waals surface area contributed by atoms with Crippen molar-refractivity contribution in [2.45, 2.75) is 32.3 Å². The van der Waals surface area contributed by atoms with Crippen molar-refractivity contribution in [3.63, 3.8) is 0 Å². The van der Waals surface area contributed by atoms with Gasteiger partial charge >= 0.3 is 0 Å². The number of hydrogen-bond donors (Lipinski definition) is 4. The first kappa shape index (κ1) is 30.0. The molecule has 0 bridgehead atoms. The number of benzene rings is 3. The van der Waals surface area contributed by atoms with Gasteiger partial charge in [0.15, 0.2) is 0 Å². The summed E-state index contributed by atoms with van der Waals surface area (Å²) in [7, 11) is -2.47. The zero-order valence-corrected chi connectivity index (χ0v) is 24.1. The van der Waals surface area contributed by atoms with Gasteiger partial charge in [-0.05, 0) is 65.9 Å². The average Bonchev–Trinajstić information content (AvgIpc) is 3.19. The number of carbonyl (C=O) groups is 2. The molecule has 10 nitrogen and oxygen atoms in total. The van der Waals surface area contributed by atoms with E-state index in [4.69, 9.17) is 10.9 Å². The maximum absolute atomic E-state index is 13.9. The van der Waals surface area contributed by atoms with E-state index in [1.807, 2.05) is 49.7 Å². The highest BCUT2D eigenvalue weighted by Gasteiger charge is 2.44. The number of aliphatic hydroxyl groups is 1. The molecular weight excluding hydrogens is 544 g/mol. The summed E-state index contributed by atoms with van der Waals surface area (Å²) in [5.41, 5.74) is 10.5. The third-order valence-corrected chi connectivity index (χ3v) is 9.17. The monoisotopic (exact) mass is 580 g/mol. The number of sulfonamides is 1. The van der Waals surface area contributed by atoms with Gasteiger partial charge in [-0.3, -0.25) is 24.6 Å². The highest BCUT2D eigenvalue weighted by atomic mass is 32.2. The Hall–Kier alpha value is -3.93. The second kappa shape index (κ2) is 12.3. The molecule has 0 spiro atoms. The first-order valence-corrected chi connectivity index (χ1v) is 15.0. The fraction of sp³-hybridized carbons (Fsp3) is 0.333. The van der Waals surface area contributed by atoms with E-state index in [2.05, 4.69) is 0 Å². The minimum Gasteiger partial charge on any atom is -0.392 e. The van der Waals surface area contributed by atoms with Crippen LogP contribution < -0.4 is 20.4 Å². The summed E-state index contributed by atoms with van der Waals surface area (Å²) in [5.74, 6) is -3.33. The summed E-state index contributed by atoms with van der Waals surface area (Å²) in [6.07, 6.45) is -1.21. The van der Waals surface area contributed by atoms with Gasteiger partial charge in [-0.25, -0.2) is 8.42 Å². The van der Waals surface area contributed by atoms with Crippen LogP contribution in [-0.2, 0) is 21.2 Å². The number of amides is 2. The molecular formula is C30H36N4O6S. The van der Waals surface area contributed by atoms with Gasteiger partial charge in [0.1, 0.15) is 0 Å². The van der Waals surface area contributed by atoms with Crippen LogP contribution in [0.4, 0.5) is 17.1 Å². The van der Waals surface area contributed by atoms with E-state index in [0.29, 0.717) is 22.6 Å². The molecule has 3 atom stereocenters. The maximum atomic E-state index is 13.9. The zero-order valence-electron chi connectivity index (χ0n) is 23.3. The van der Waals surface area contributed by atoms with E-state index >= 15 is 0 Å². The number of rotatable bonds is 12. The Labute approximate surface area is 240 Å². The standard InChI is InChI=1S/C30H36N4O6S/c1-19(2)17-34(23-12-10-22(32-38)11-13-23)41(39,40)18-27(35)25(15-20-7-5-4-6-8-20)28-24-16-21(29(31)36)9-14-26(24)33(3)30(28)37/h4-14,16,19,25,27-28,32,35,38H,15,17-18H2,1-3H3,(H2,31,36)/t25-,27+,28?/m1/s1. The van der Waals surface area contributed by atoms with Crippen molar-refractivity contribution in [2.24, 2.45) is 17.6 Å². The van der Waals surface area contributed by atoms with Crippen LogP contribution in [0.5, 0.6) is 0 Å². The van der Waals surface area contributed by atoms with E-state index in [1.165, 1.54) is 9.21 Å². The van der Waals surface area contributed by atoms with Crippen LogP contribution in [0.25, 0.3) is 0 Å². The van der Waals surface area contributed by atoms with Gasteiger partial charge in [0.25, 0.3) is 0 Å². The smallest absolute Gasteiger partial charge is 0.248 e. The Bertz CT molecular complexity index is 1500. The van der Waals surface area contributed by atoms with Crippen LogP contribution in [-0.4, -0.2) is 56.0 Å². The number of nitrogens with two attached hydrogens (primary N) is 1. The van der Waals surface area contributed by atoms with Gasteiger partial charge in [-0.15, -0.1) is 0 Å². The molecule has 4 rings (SSSR count). The molecule has 1 aliphatic rings. The van der Waals surface area contributed by atoms with Crippen molar-refractivity contribution in [3.05, 3.63) is 89.5 Å². The highest BCUT2D eigenvalue weighted by Crippen LogP contribution is 2.43. The summed E-state index contributed by atoms with van der Waals surface area (Å²) < 4.78 is 29.0. The molecule has 218 valence electrons. The van der Waals surface area contributed by atoms with Gasteiger partial charge < -0.3 is 15.7 Å². The fourth-order valence-corrected chi connectivity index (χ4v) is 7.17. The largest absolute Gasteiger partial charge is 0.392 e. The number of nitrogens with one attached hydrogen (secondary N) is 1. The molecule has 41 heavy (non-hydrogen) atoms. The van der Waals surface area contributed by atoms with E-state index in [1.54, 1.807) is 49.5 Å². The quantitative estimate of drug-likeness (QED) is 0.240. The Morgan fingerprint density at radius 2 is 1.73 bits per heavy atom. The van der Waals surface area contributed by atoms with Gasteiger partial charge in [-0.1, -0.05) is 44.2 Å². The zero-order chi connectivity index (χ0) is 29.9. The minimum atomic E-state index is -4.08. The van der Waals surface area contributed by atoms with E-state index in [0.717, 1.165) is 5.56 Å². The molecule has 1 heterocycles. The topological polar surface area (TPSA) is 153 Å². The molecule has 0 saturated heterocycles. The number of nitrogens with zero attached hydrogens (tertiary/aromatic N) is 2. The van der Waals surface area contributed by atoms with Crippen LogP contribution >= 0.6 is 0 Å². The van der Waals surface area contributed by atoms with Crippen LogP contribution in [0, 0.1) is 11.8 Å². The molecule has 0 fully saturated rings. The number of likely N-dealkylation sites (N-methyl/N-ethyl adjacent to an activating group) is 1. The van der Waals surface area contributed by atoms with Crippen LogP contribution in [0.1, 0.15) is 41.3 Å². The third-order valence-electron chi connectivity index (χ3n) is 7.37. The van der Waals surface area contributed by atoms with Crippen LogP contribution in [0.2, 0.25) is 0 Å². The molecule has 1 aliphatic heterocycles. The lowest BCUT2D eigenvalue weighted by Crippen LogP contribution is -2.43. The fourth-order valence-electron chi connectivity index (χ4n) is 5.34. The normalized spacial score (nSPS) is 16.4. The Kier molecular flexibility index (Phi) is 9.01. The highest BCUT2D eigenvalue weighted by molar-refractivity contribution is 7.92. The van der Waals surface area contributed by atoms with Crippen molar-refractivity contribution in [2.75, 3.05) is 34.0 Å². The molecule has 3 aromatic rings. The van der Waals surface area contributed by atoms with Gasteiger partial charge in [0.2, 0.25) is 21.8 Å². The summed E-state index contributed by atoms with van der Waals surface area (Å²) in [4.78, 5) is 27.0. The number of primary amides is 1. The Balaban J connectivity index is 1.74. The predicted octanol–water partition coefficient (Wildman–Crippen LogP) is 3.36. The molecule has 0 aromatic heterocycles. The molecule has 0 aliphatic carbocycles. The van der Waals surface area contributed by atoms with Crippen molar-refractivity contribution < 1.29 is 28.3 Å². The average molecular weight is 581 g/mol. The SMILES string of the molecule is CC(C)CN(c1ccc(NO)cc1)S(=O)(=O)C[C@H](O)[C@@H](Cc1ccccc1)C1C(=O)N(C)c2ccc(C(N)=O)cc21. The number of hydrogen-bond acceptors (Lipinski definition) is 7. The second-order valence-corrected chi connectivity index (χ2v) is 12.7. The third kappa shape index (κ3) is 6.53. The summed E-state index contributed by atoms with van der Waals surface area (Å²) in [5, 5.41) is 20.8. The first-order valence-electron chi connectivity index (χ1n) is 13.4. The summed E-state index contributed by atoms with van der Waals surface area (Å²) >= 11 is 0. The van der Waals surface area contributed by atoms with Crippen LogP contribution in [0.3, 0.4) is 0 Å².